The summed E-state index contributed by atoms with van der Waals surface area (Å²) in [6, 6.07) is 2.82. The monoisotopic (exact) mass is 370 g/mol. The van der Waals surface area contributed by atoms with E-state index < -0.39 is 0 Å². The Morgan fingerprint density at radius 3 is 2.00 bits per heavy atom. The zero-order valence-corrected chi connectivity index (χ0v) is 14.9. The molecule has 0 aromatic heterocycles. The molecule has 130 valence electrons. The molecular weight excluding hydrogens is 351 g/mol. The highest BCUT2D eigenvalue weighted by Crippen LogP contribution is 2.47. The number of benzene rings is 1. The lowest BCUT2D eigenvalue weighted by atomic mass is 9.61. The maximum atomic E-state index is 12.6. The fourth-order valence-electron chi connectivity index (χ4n) is 3.98. The molecule has 0 heterocycles. The molecular formula is C17H20Cl2N2O3. The lowest BCUT2D eigenvalue weighted by molar-refractivity contribution is -0.122. The van der Waals surface area contributed by atoms with E-state index in [2.05, 4.69) is 10.6 Å². The van der Waals surface area contributed by atoms with E-state index in [9.17, 15) is 14.7 Å². The van der Waals surface area contributed by atoms with Gasteiger partial charge in [-0.1, -0.05) is 23.2 Å². The Kier molecular flexibility index (Phi) is 4.43. The number of hydrogen-bond donors (Lipinski definition) is 3. The van der Waals surface area contributed by atoms with Crippen LogP contribution in [-0.4, -0.2) is 28.0 Å². The summed E-state index contributed by atoms with van der Waals surface area (Å²) >= 11 is 11.8. The van der Waals surface area contributed by atoms with Gasteiger partial charge in [0.25, 0.3) is 5.91 Å². The van der Waals surface area contributed by atoms with Crippen LogP contribution >= 0.6 is 23.2 Å². The van der Waals surface area contributed by atoms with Crippen LogP contribution in [0.2, 0.25) is 10.0 Å². The summed E-state index contributed by atoms with van der Waals surface area (Å²) in [6.45, 7) is 1.54. The van der Waals surface area contributed by atoms with Gasteiger partial charge in [0.2, 0.25) is 5.91 Å². The Hall–Kier alpha value is -1.46. The second-order valence-electron chi connectivity index (χ2n) is 6.98. The number of fused-ring (bicyclic) bond motifs is 3. The minimum absolute atomic E-state index is 0.00747. The van der Waals surface area contributed by atoms with Gasteiger partial charge < -0.3 is 15.7 Å². The van der Waals surface area contributed by atoms with Crippen molar-refractivity contribution >= 4 is 35.0 Å². The number of hydrogen-bond acceptors (Lipinski definition) is 3. The van der Waals surface area contributed by atoms with Crippen molar-refractivity contribution in [1.29, 1.82) is 0 Å². The number of phenols is 1. The van der Waals surface area contributed by atoms with Crippen molar-refractivity contribution in [3.8, 4) is 5.75 Å². The predicted molar refractivity (Wildman–Crippen MR) is 92.6 cm³/mol. The van der Waals surface area contributed by atoms with Gasteiger partial charge in [0.05, 0.1) is 10.6 Å². The van der Waals surface area contributed by atoms with Crippen molar-refractivity contribution in [2.75, 3.05) is 0 Å². The van der Waals surface area contributed by atoms with E-state index in [0.29, 0.717) is 5.02 Å². The van der Waals surface area contributed by atoms with Crippen LogP contribution in [0, 0.1) is 0 Å². The molecule has 0 saturated heterocycles. The average molecular weight is 371 g/mol. The molecule has 24 heavy (non-hydrogen) atoms. The minimum Gasteiger partial charge on any atom is -0.506 e. The number of halogens is 2. The van der Waals surface area contributed by atoms with Gasteiger partial charge in [-0.15, -0.1) is 0 Å². The summed E-state index contributed by atoms with van der Waals surface area (Å²) in [5.74, 6) is -0.632. The molecule has 0 spiro atoms. The van der Waals surface area contributed by atoms with Crippen LogP contribution in [0.1, 0.15) is 55.8 Å². The van der Waals surface area contributed by atoms with E-state index >= 15 is 0 Å². The van der Waals surface area contributed by atoms with Gasteiger partial charge in [-0.3, -0.25) is 9.59 Å². The van der Waals surface area contributed by atoms with E-state index in [1.54, 1.807) is 6.92 Å². The van der Waals surface area contributed by atoms with E-state index in [4.69, 9.17) is 23.2 Å². The largest absolute Gasteiger partial charge is 0.506 e. The number of amides is 2. The average Bonchev–Trinajstić information content (AvgIpc) is 2.52. The maximum absolute atomic E-state index is 12.6. The highest BCUT2D eigenvalue weighted by Gasteiger charge is 2.49. The van der Waals surface area contributed by atoms with E-state index in [1.807, 2.05) is 0 Å². The highest BCUT2D eigenvalue weighted by atomic mass is 35.5. The Morgan fingerprint density at radius 2 is 1.50 bits per heavy atom. The second kappa shape index (κ2) is 6.12. The highest BCUT2D eigenvalue weighted by molar-refractivity contribution is 6.36. The number of carbonyl (C=O) groups is 2. The van der Waals surface area contributed by atoms with Gasteiger partial charge in [0, 0.05) is 23.0 Å². The molecule has 3 fully saturated rings. The quantitative estimate of drug-likeness (QED) is 0.762. The first kappa shape index (κ1) is 17.4. The Labute approximate surface area is 150 Å². The van der Waals surface area contributed by atoms with Crippen LogP contribution in [0.25, 0.3) is 0 Å². The first-order chi connectivity index (χ1) is 11.2. The molecule has 3 N–H and O–H groups in total. The zero-order valence-electron chi connectivity index (χ0n) is 13.4. The van der Waals surface area contributed by atoms with Crippen LogP contribution in [0.4, 0.5) is 0 Å². The lowest BCUT2D eigenvalue weighted by Gasteiger charge is -2.53. The number of aromatic hydroxyl groups is 1. The van der Waals surface area contributed by atoms with Gasteiger partial charge in [-0.05, 0) is 50.7 Å². The van der Waals surface area contributed by atoms with Crippen molar-refractivity contribution in [1.82, 2.24) is 10.6 Å². The van der Waals surface area contributed by atoms with Crippen LogP contribution in [0.3, 0.4) is 0 Å². The Morgan fingerprint density at radius 1 is 1.00 bits per heavy atom. The molecule has 3 saturated carbocycles. The smallest absolute Gasteiger partial charge is 0.255 e. The predicted octanol–water partition coefficient (Wildman–Crippen LogP) is 3.41. The summed E-state index contributed by atoms with van der Waals surface area (Å²) in [6.07, 6.45) is 4.93. The lowest BCUT2D eigenvalue weighted by Crippen LogP contribution is -2.63. The van der Waals surface area contributed by atoms with E-state index in [0.717, 1.165) is 38.5 Å². The molecule has 3 aliphatic rings. The van der Waals surface area contributed by atoms with Crippen LogP contribution in [0.15, 0.2) is 12.1 Å². The summed E-state index contributed by atoms with van der Waals surface area (Å²) in [4.78, 5) is 24.0. The number of nitrogens with one attached hydrogen (secondary N) is 2. The molecule has 0 aliphatic heterocycles. The normalized spacial score (nSPS) is 28.5. The molecule has 1 aromatic rings. The third kappa shape index (κ3) is 3.20. The molecule has 2 amide bonds. The fourth-order valence-corrected chi connectivity index (χ4v) is 4.47. The van der Waals surface area contributed by atoms with Gasteiger partial charge in [-0.2, -0.15) is 0 Å². The molecule has 3 aliphatic carbocycles. The number of carbonyl (C=O) groups excluding carboxylic acids is 2. The maximum Gasteiger partial charge on any atom is 0.255 e. The standard InChI is InChI=1S/C17H20Cl2N2O3/c1-10(22)20-16-2-5-17(6-3-16,7-4-16)21-15(24)12-8-11(18)9-13(19)14(12)23/h8-9,23H,2-7H2,1H3,(H,20,22)(H,21,24). The molecule has 4 rings (SSSR count). The summed E-state index contributed by atoms with van der Waals surface area (Å²) < 4.78 is 0. The van der Waals surface area contributed by atoms with Crippen LogP contribution < -0.4 is 10.6 Å². The summed E-state index contributed by atoms with van der Waals surface area (Å²) in [7, 11) is 0. The Bertz CT molecular complexity index is 681. The number of rotatable bonds is 3. The molecule has 0 unspecified atom stereocenters. The van der Waals surface area contributed by atoms with E-state index in [-0.39, 0.29) is 39.2 Å². The molecule has 0 radical (unpaired) electrons. The third-order valence-corrected chi connectivity index (χ3v) is 5.85. The van der Waals surface area contributed by atoms with Crippen molar-refractivity contribution < 1.29 is 14.7 Å². The minimum atomic E-state index is -0.370. The van der Waals surface area contributed by atoms with Gasteiger partial charge >= 0.3 is 0 Å². The molecule has 5 nitrogen and oxygen atoms in total. The van der Waals surface area contributed by atoms with Gasteiger partial charge in [0.15, 0.2) is 0 Å². The van der Waals surface area contributed by atoms with Crippen molar-refractivity contribution in [2.45, 2.75) is 56.5 Å². The first-order valence-electron chi connectivity index (χ1n) is 8.04. The number of phenolic OH excluding ortho intramolecular Hbond substituents is 1. The SMILES string of the molecule is CC(=O)NC12CCC(NC(=O)c3cc(Cl)cc(Cl)c3O)(CC1)CC2. The Balaban J connectivity index is 1.74. The third-order valence-electron chi connectivity index (χ3n) is 5.34. The summed E-state index contributed by atoms with van der Waals surface area (Å²) in [5.41, 5.74) is -0.329. The van der Waals surface area contributed by atoms with Gasteiger partial charge in [0.1, 0.15) is 5.75 Å². The fraction of sp³-hybridized carbons (Fsp3) is 0.529. The zero-order chi connectivity index (χ0) is 17.5. The van der Waals surface area contributed by atoms with Crippen molar-refractivity contribution in [3.05, 3.63) is 27.7 Å². The molecule has 2 bridgehead atoms. The topological polar surface area (TPSA) is 78.4 Å². The van der Waals surface area contributed by atoms with E-state index in [1.165, 1.54) is 12.1 Å². The van der Waals surface area contributed by atoms with Crippen molar-refractivity contribution in [2.24, 2.45) is 0 Å². The molecule has 1 aromatic carbocycles. The van der Waals surface area contributed by atoms with Crippen molar-refractivity contribution in [3.63, 3.8) is 0 Å². The summed E-state index contributed by atoms with van der Waals surface area (Å²) in [5, 5.41) is 16.5. The molecule has 0 atom stereocenters. The first-order valence-corrected chi connectivity index (χ1v) is 8.79. The van der Waals surface area contributed by atoms with Crippen LogP contribution in [-0.2, 0) is 4.79 Å². The van der Waals surface area contributed by atoms with Gasteiger partial charge in [-0.25, -0.2) is 0 Å². The second-order valence-corrected chi connectivity index (χ2v) is 7.82. The molecule has 7 heteroatoms. The van der Waals surface area contributed by atoms with Crippen LogP contribution in [0.5, 0.6) is 5.75 Å².